The van der Waals surface area contributed by atoms with Crippen molar-refractivity contribution in [3.8, 4) is 5.75 Å². The van der Waals surface area contributed by atoms with E-state index in [0.717, 1.165) is 6.07 Å². The Kier molecular flexibility index (Phi) is 6.89. The van der Waals surface area contributed by atoms with Crippen molar-refractivity contribution in [2.75, 3.05) is 26.1 Å². The van der Waals surface area contributed by atoms with E-state index >= 15 is 0 Å². The third-order valence-corrected chi connectivity index (χ3v) is 5.21. The highest BCUT2D eigenvalue weighted by atomic mass is 32.2. The number of methoxy groups -OCH3 is 2. The van der Waals surface area contributed by atoms with E-state index in [1.165, 1.54) is 50.6 Å². The first-order valence-corrected chi connectivity index (χ1v) is 9.51. The number of hydrogen-bond donors (Lipinski definition) is 2. The number of sulfonamides is 1. The van der Waals surface area contributed by atoms with Crippen molar-refractivity contribution in [3.05, 3.63) is 53.8 Å². The van der Waals surface area contributed by atoms with E-state index < -0.39 is 21.7 Å². The van der Waals surface area contributed by atoms with Gasteiger partial charge >= 0.3 is 0 Å². The molecule has 0 saturated carbocycles. The van der Waals surface area contributed by atoms with Gasteiger partial charge in [0, 0.05) is 18.8 Å². The molecule has 146 valence electrons. The van der Waals surface area contributed by atoms with Crippen LogP contribution < -0.4 is 14.8 Å². The van der Waals surface area contributed by atoms with E-state index in [-0.39, 0.29) is 28.9 Å². The van der Waals surface area contributed by atoms with Crippen LogP contribution in [0.5, 0.6) is 5.75 Å². The van der Waals surface area contributed by atoms with Gasteiger partial charge < -0.3 is 14.8 Å². The predicted octanol–water partition coefficient (Wildman–Crippen LogP) is 2.40. The molecule has 0 aliphatic carbocycles. The molecular weight excluding hydrogens is 375 g/mol. The summed E-state index contributed by atoms with van der Waals surface area (Å²) in [5.74, 6) is -0.920. The Morgan fingerprint density at radius 2 is 1.81 bits per heavy atom. The third-order valence-electron chi connectivity index (χ3n) is 3.60. The lowest BCUT2D eigenvalue weighted by atomic mass is 10.1. The first-order chi connectivity index (χ1) is 12.8. The van der Waals surface area contributed by atoms with Crippen molar-refractivity contribution in [1.82, 2.24) is 4.72 Å². The Balaban J connectivity index is 2.14. The minimum absolute atomic E-state index is 0.0317. The van der Waals surface area contributed by atoms with Crippen LogP contribution in [0, 0.1) is 5.82 Å². The summed E-state index contributed by atoms with van der Waals surface area (Å²) in [5.41, 5.74) is 0.388. The molecule has 0 heterocycles. The Hall–Kier alpha value is -2.49. The van der Waals surface area contributed by atoms with E-state index in [9.17, 15) is 17.6 Å². The van der Waals surface area contributed by atoms with E-state index in [0.29, 0.717) is 5.69 Å². The fourth-order valence-corrected chi connectivity index (χ4v) is 3.62. The van der Waals surface area contributed by atoms with E-state index in [2.05, 4.69) is 10.0 Å². The molecule has 1 atom stereocenters. The number of nitrogens with one attached hydrogen (secondary N) is 2. The van der Waals surface area contributed by atoms with Crippen molar-refractivity contribution in [1.29, 1.82) is 0 Å². The first kappa shape index (κ1) is 20.8. The summed E-state index contributed by atoms with van der Waals surface area (Å²) in [5, 5.41) is 2.58. The molecule has 1 unspecified atom stereocenters. The maximum Gasteiger partial charge on any atom is 0.259 e. The van der Waals surface area contributed by atoms with Gasteiger partial charge in [-0.15, -0.1) is 0 Å². The molecule has 0 aliphatic heterocycles. The second kappa shape index (κ2) is 8.94. The average molecular weight is 396 g/mol. The third kappa shape index (κ3) is 5.49. The topological polar surface area (TPSA) is 93.7 Å². The fraction of sp³-hybridized carbons (Fsp3) is 0.278. The summed E-state index contributed by atoms with van der Waals surface area (Å²) in [7, 11) is -0.849. The Morgan fingerprint density at radius 1 is 1.15 bits per heavy atom. The largest absolute Gasteiger partial charge is 0.496 e. The normalized spacial score (nSPS) is 12.4. The molecule has 0 radical (unpaired) electrons. The molecule has 2 aromatic carbocycles. The summed E-state index contributed by atoms with van der Waals surface area (Å²) in [6.07, 6.45) is 0. The van der Waals surface area contributed by atoms with Crippen LogP contribution in [-0.2, 0) is 14.8 Å². The lowest BCUT2D eigenvalue weighted by molar-refractivity contribution is 0.102. The highest BCUT2D eigenvalue weighted by molar-refractivity contribution is 7.89. The molecule has 27 heavy (non-hydrogen) atoms. The molecular formula is C18H21FN2O5S. The highest BCUT2D eigenvalue weighted by Gasteiger charge is 2.18. The number of amides is 1. The SMILES string of the molecule is COCC(C)NS(=O)(=O)c1ccc(NC(=O)c2cc(F)ccc2OC)cc1. The van der Waals surface area contributed by atoms with Gasteiger partial charge in [-0.1, -0.05) is 0 Å². The van der Waals surface area contributed by atoms with Crippen LogP contribution in [0.15, 0.2) is 47.4 Å². The fourth-order valence-electron chi connectivity index (χ4n) is 2.39. The van der Waals surface area contributed by atoms with Crippen LogP contribution in [0.1, 0.15) is 17.3 Å². The Labute approximate surface area is 157 Å². The van der Waals surface area contributed by atoms with E-state index in [1.807, 2.05) is 0 Å². The second-order valence-corrected chi connectivity index (χ2v) is 7.51. The van der Waals surface area contributed by atoms with Crippen LogP contribution in [0.4, 0.5) is 10.1 Å². The predicted molar refractivity (Wildman–Crippen MR) is 99.0 cm³/mol. The molecule has 2 N–H and O–H groups in total. The quantitative estimate of drug-likeness (QED) is 0.715. The van der Waals surface area contributed by atoms with Crippen LogP contribution in [0.25, 0.3) is 0 Å². The molecule has 0 spiro atoms. The van der Waals surface area contributed by atoms with Gasteiger partial charge in [0.1, 0.15) is 11.6 Å². The minimum atomic E-state index is -3.71. The molecule has 0 aromatic heterocycles. The first-order valence-electron chi connectivity index (χ1n) is 8.03. The Bertz CT molecular complexity index is 900. The zero-order chi connectivity index (χ0) is 20.0. The zero-order valence-corrected chi connectivity index (χ0v) is 16.0. The summed E-state index contributed by atoms with van der Waals surface area (Å²) in [4.78, 5) is 12.4. The number of benzene rings is 2. The van der Waals surface area contributed by atoms with Gasteiger partial charge in [-0.25, -0.2) is 17.5 Å². The molecule has 7 nitrogen and oxygen atoms in total. The molecule has 1 amide bonds. The lowest BCUT2D eigenvalue weighted by Crippen LogP contribution is -2.35. The number of carbonyl (C=O) groups excluding carboxylic acids is 1. The summed E-state index contributed by atoms with van der Waals surface area (Å²) >= 11 is 0. The smallest absolute Gasteiger partial charge is 0.259 e. The molecule has 0 bridgehead atoms. The van der Waals surface area contributed by atoms with Crippen LogP contribution in [0.2, 0.25) is 0 Å². The summed E-state index contributed by atoms with van der Waals surface area (Å²) in [6.45, 7) is 1.92. The van der Waals surface area contributed by atoms with Gasteiger partial charge in [0.05, 0.1) is 24.2 Å². The number of carbonyl (C=O) groups is 1. The van der Waals surface area contributed by atoms with Crippen molar-refractivity contribution in [2.24, 2.45) is 0 Å². The second-order valence-electron chi connectivity index (χ2n) is 5.80. The molecule has 9 heteroatoms. The van der Waals surface area contributed by atoms with Gasteiger partial charge in [0.25, 0.3) is 5.91 Å². The number of anilines is 1. The van der Waals surface area contributed by atoms with Crippen LogP contribution in [0.3, 0.4) is 0 Å². The molecule has 0 saturated heterocycles. The number of ether oxygens (including phenoxy) is 2. The van der Waals surface area contributed by atoms with Gasteiger partial charge in [0.2, 0.25) is 10.0 Å². The maximum atomic E-state index is 13.4. The monoisotopic (exact) mass is 396 g/mol. The van der Waals surface area contributed by atoms with E-state index in [1.54, 1.807) is 6.92 Å². The number of halogens is 1. The van der Waals surface area contributed by atoms with Crippen LogP contribution in [-0.4, -0.2) is 41.2 Å². The van der Waals surface area contributed by atoms with Gasteiger partial charge in [-0.3, -0.25) is 4.79 Å². The average Bonchev–Trinajstić information content (AvgIpc) is 2.61. The molecule has 0 fully saturated rings. The number of rotatable bonds is 8. The minimum Gasteiger partial charge on any atom is -0.496 e. The standard InChI is InChI=1S/C18H21FN2O5S/c1-12(11-25-2)21-27(23,24)15-7-5-14(6-8-15)20-18(22)16-10-13(19)4-9-17(16)26-3/h4-10,12,21H,11H2,1-3H3,(H,20,22). The summed E-state index contributed by atoms with van der Waals surface area (Å²) in [6, 6.07) is 8.83. The summed E-state index contributed by atoms with van der Waals surface area (Å²) < 4.78 is 50.4. The van der Waals surface area contributed by atoms with Crippen molar-refractivity contribution < 1.29 is 27.1 Å². The van der Waals surface area contributed by atoms with Crippen molar-refractivity contribution in [2.45, 2.75) is 17.9 Å². The maximum absolute atomic E-state index is 13.4. The van der Waals surface area contributed by atoms with Crippen molar-refractivity contribution >= 4 is 21.6 Å². The van der Waals surface area contributed by atoms with Crippen LogP contribution >= 0.6 is 0 Å². The van der Waals surface area contributed by atoms with Crippen molar-refractivity contribution in [3.63, 3.8) is 0 Å². The zero-order valence-electron chi connectivity index (χ0n) is 15.2. The van der Waals surface area contributed by atoms with E-state index in [4.69, 9.17) is 9.47 Å². The van der Waals surface area contributed by atoms with Gasteiger partial charge in [-0.2, -0.15) is 0 Å². The molecule has 2 rings (SSSR count). The number of hydrogen-bond acceptors (Lipinski definition) is 5. The Morgan fingerprint density at radius 3 is 2.41 bits per heavy atom. The lowest BCUT2D eigenvalue weighted by Gasteiger charge is -2.14. The molecule has 0 aliphatic rings. The molecule has 2 aromatic rings. The highest BCUT2D eigenvalue weighted by Crippen LogP contribution is 2.21. The van der Waals surface area contributed by atoms with Gasteiger partial charge in [-0.05, 0) is 49.4 Å². The van der Waals surface area contributed by atoms with Gasteiger partial charge in [0.15, 0.2) is 0 Å².